The maximum absolute atomic E-state index is 12.3. The molecule has 20 heavy (non-hydrogen) atoms. The summed E-state index contributed by atoms with van der Waals surface area (Å²) in [6, 6.07) is 11.0. The highest BCUT2D eigenvalue weighted by Crippen LogP contribution is 2.26. The molecule has 0 spiro atoms. The van der Waals surface area contributed by atoms with E-state index in [4.69, 9.17) is 22.1 Å². The number of nitrogen functional groups attached to an aromatic ring is 1. The minimum Gasteiger partial charge on any atom is -0.496 e. The number of hydrogen-bond acceptors (Lipinski definition) is 4. The molecule has 0 saturated heterocycles. The lowest BCUT2D eigenvalue weighted by atomic mass is 10.2. The first-order valence-corrected chi connectivity index (χ1v) is 7.86. The molecule has 6 heteroatoms. The highest BCUT2D eigenvalue weighted by atomic mass is 35.5. The van der Waals surface area contributed by atoms with Crippen molar-refractivity contribution in [3.63, 3.8) is 0 Å². The lowest BCUT2D eigenvalue weighted by molar-refractivity contribution is 0.411. The van der Waals surface area contributed by atoms with Crippen molar-refractivity contribution in [2.45, 2.75) is 10.6 Å². The number of hydrogen-bond donors (Lipinski definition) is 1. The van der Waals surface area contributed by atoms with Gasteiger partial charge in [0.25, 0.3) is 0 Å². The van der Waals surface area contributed by atoms with E-state index in [1.165, 1.54) is 19.2 Å². The molecule has 0 fully saturated rings. The third-order valence-corrected chi connectivity index (χ3v) is 4.76. The van der Waals surface area contributed by atoms with Crippen LogP contribution in [-0.4, -0.2) is 15.5 Å². The fourth-order valence-electron chi connectivity index (χ4n) is 1.81. The Morgan fingerprint density at radius 2 is 1.80 bits per heavy atom. The molecule has 0 heterocycles. The molecular formula is C14H14ClNO3S. The van der Waals surface area contributed by atoms with Gasteiger partial charge in [0, 0.05) is 22.3 Å². The lowest BCUT2D eigenvalue weighted by Crippen LogP contribution is -2.06. The van der Waals surface area contributed by atoms with Crippen molar-refractivity contribution >= 4 is 27.1 Å². The summed E-state index contributed by atoms with van der Waals surface area (Å²) in [6.45, 7) is 0. The Hall–Kier alpha value is -1.72. The van der Waals surface area contributed by atoms with Gasteiger partial charge in [0.05, 0.1) is 17.8 Å². The summed E-state index contributed by atoms with van der Waals surface area (Å²) in [4.78, 5) is 0.223. The molecule has 0 aromatic heterocycles. The maximum atomic E-state index is 12.3. The van der Waals surface area contributed by atoms with Gasteiger partial charge in [-0.25, -0.2) is 8.42 Å². The van der Waals surface area contributed by atoms with Gasteiger partial charge < -0.3 is 10.5 Å². The van der Waals surface area contributed by atoms with Gasteiger partial charge in [0.15, 0.2) is 9.84 Å². The molecule has 0 saturated carbocycles. The summed E-state index contributed by atoms with van der Waals surface area (Å²) in [7, 11) is -1.98. The topological polar surface area (TPSA) is 69.4 Å². The number of anilines is 1. The summed E-state index contributed by atoms with van der Waals surface area (Å²) < 4.78 is 29.8. The van der Waals surface area contributed by atoms with E-state index >= 15 is 0 Å². The molecule has 0 aliphatic heterocycles. The standard InChI is InChI=1S/C14H14ClNO3S/c1-19-14-8-12(16)5-2-10(14)9-20(17,18)13-6-3-11(15)4-7-13/h2-8H,9,16H2,1H3. The molecule has 2 aromatic carbocycles. The number of rotatable bonds is 4. The fourth-order valence-corrected chi connectivity index (χ4v) is 3.30. The van der Waals surface area contributed by atoms with E-state index in [1.807, 2.05) is 0 Å². The summed E-state index contributed by atoms with van der Waals surface area (Å²) in [5.74, 6) is 0.306. The summed E-state index contributed by atoms with van der Waals surface area (Å²) in [5, 5.41) is 0.494. The van der Waals surface area contributed by atoms with Crippen LogP contribution < -0.4 is 10.5 Å². The van der Waals surface area contributed by atoms with Gasteiger partial charge in [-0.1, -0.05) is 17.7 Å². The molecule has 0 amide bonds. The molecule has 0 aliphatic rings. The Bertz CT molecular complexity index is 712. The van der Waals surface area contributed by atoms with Crippen LogP contribution in [0, 0.1) is 0 Å². The summed E-state index contributed by atoms with van der Waals surface area (Å²) >= 11 is 5.76. The predicted octanol–water partition coefficient (Wildman–Crippen LogP) is 2.90. The molecule has 4 nitrogen and oxygen atoms in total. The molecular weight excluding hydrogens is 298 g/mol. The van der Waals surface area contributed by atoms with Gasteiger partial charge in [-0.05, 0) is 30.3 Å². The molecule has 106 valence electrons. The van der Waals surface area contributed by atoms with Gasteiger partial charge in [-0.2, -0.15) is 0 Å². The molecule has 0 radical (unpaired) electrons. The normalized spacial score (nSPS) is 11.3. The lowest BCUT2D eigenvalue weighted by Gasteiger charge is -2.10. The zero-order valence-corrected chi connectivity index (χ0v) is 12.4. The zero-order valence-electron chi connectivity index (χ0n) is 10.8. The summed E-state index contributed by atoms with van der Waals surface area (Å²) in [6.07, 6.45) is 0. The quantitative estimate of drug-likeness (QED) is 0.881. The van der Waals surface area contributed by atoms with E-state index in [-0.39, 0.29) is 10.6 Å². The van der Waals surface area contributed by atoms with Gasteiger partial charge in [-0.15, -0.1) is 0 Å². The molecule has 0 aliphatic carbocycles. The molecule has 0 bridgehead atoms. The second kappa shape index (κ2) is 5.73. The van der Waals surface area contributed by atoms with Crippen LogP contribution in [0.3, 0.4) is 0 Å². The molecule has 2 aromatic rings. The van der Waals surface area contributed by atoms with Gasteiger partial charge in [0.2, 0.25) is 0 Å². The van der Waals surface area contributed by atoms with Crippen LogP contribution in [0.15, 0.2) is 47.4 Å². The van der Waals surface area contributed by atoms with Crippen LogP contribution in [0.4, 0.5) is 5.69 Å². The van der Waals surface area contributed by atoms with E-state index < -0.39 is 9.84 Å². The molecule has 2 N–H and O–H groups in total. The van der Waals surface area contributed by atoms with Gasteiger partial charge >= 0.3 is 0 Å². The number of methoxy groups -OCH3 is 1. The van der Waals surface area contributed by atoms with Crippen molar-refractivity contribution < 1.29 is 13.2 Å². The summed E-state index contributed by atoms with van der Waals surface area (Å²) in [5.41, 5.74) is 6.74. The number of sulfone groups is 1. The second-order valence-corrected chi connectivity index (χ2v) is 6.71. The minimum absolute atomic E-state index is 0.155. The van der Waals surface area contributed by atoms with E-state index in [1.54, 1.807) is 30.3 Å². The Labute approximate surface area is 123 Å². The average Bonchev–Trinajstić information content (AvgIpc) is 2.41. The predicted molar refractivity (Wildman–Crippen MR) is 79.7 cm³/mol. The third kappa shape index (κ3) is 3.23. The smallest absolute Gasteiger partial charge is 0.182 e. The third-order valence-electron chi connectivity index (χ3n) is 2.83. The van der Waals surface area contributed by atoms with Crippen LogP contribution >= 0.6 is 11.6 Å². The first-order chi connectivity index (χ1) is 9.42. The second-order valence-electron chi connectivity index (χ2n) is 4.28. The van der Waals surface area contributed by atoms with Crippen molar-refractivity contribution in [2.24, 2.45) is 0 Å². The molecule has 0 atom stereocenters. The molecule has 2 rings (SSSR count). The highest BCUT2D eigenvalue weighted by molar-refractivity contribution is 7.90. The number of benzene rings is 2. The first-order valence-electron chi connectivity index (χ1n) is 5.83. The zero-order chi connectivity index (χ0) is 14.8. The van der Waals surface area contributed by atoms with Crippen LogP contribution in [0.5, 0.6) is 5.75 Å². The van der Waals surface area contributed by atoms with Gasteiger partial charge in [-0.3, -0.25) is 0 Å². The minimum atomic E-state index is -3.45. The Morgan fingerprint density at radius 1 is 1.15 bits per heavy atom. The van der Waals surface area contributed by atoms with Crippen molar-refractivity contribution in [3.05, 3.63) is 53.1 Å². The number of ether oxygens (including phenoxy) is 1. The van der Waals surface area contributed by atoms with Crippen molar-refractivity contribution in [2.75, 3.05) is 12.8 Å². The number of nitrogens with two attached hydrogens (primary N) is 1. The van der Waals surface area contributed by atoms with E-state index in [2.05, 4.69) is 0 Å². The van der Waals surface area contributed by atoms with Crippen molar-refractivity contribution in [1.82, 2.24) is 0 Å². The monoisotopic (exact) mass is 311 g/mol. The Kier molecular flexibility index (Phi) is 4.20. The first kappa shape index (κ1) is 14.7. The average molecular weight is 312 g/mol. The van der Waals surface area contributed by atoms with Crippen LogP contribution in [0.2, 0.25) is 5.02 Å². The Balaban J connectivity index is 2.35. The fraction of sp³-hybridized carbons (Fsp3) is 0.143. The van der Waals surface area contributed by atoms with E-state index in [9.17, 15) is 8.42 Å². The van der Waals surface area contributed by atoms with Crippen LogP contribution in [0.1, 0.15) is 5.56 Å². The SMILES string of the molecule is COc1cc(N)ccc1CS(=O)(=O)c1ccc(Cl)cc1. The van der Waals surface area contributed by atoms with Crippen molar-refractivity contribution in [3.8, 4) is 5.75 Å². The van der Waals surface area contributed by atoms with Crippen molar-refractivity contribution in [1.29, 1.82) is 0 Å². The maximum Gasteiger partial charge on any atom is 0.182 e. The van der Waals surface area contributed by atoms with Crippen LogP contribution in [-0.2, 0) is 15.6 Å². The highest BCUT2D eigenvalue weighted by Gasteiger charge is 2.18. The molecule has 0 unspecified atom stereocenters. The van der Waals surface area contributed by atoms with E-state index in [0.717, 1.165) is 0 Å². The van der Waals surface area contributed by atoms with Gasteiger partial charge in [0.1, 0.15) is 5.75 Å². The number of halogens is 1. The largest absolute Gasteiger partial charge is 0.496 e. The Morgan fingerprint density at radius 3 is 2.40 bits per heavy atom. The van der Waals surface area contributed by atoms with Crippen LogP contribution in [0.25, 0.3) is 0 Å². The van der Waals surface area contributed by atoms with E-state index in [0.29, 0.717) is 22.0 Å².